The van der Waals surface area contributed by atoms with E-state index in [1.54, 1.807) is 0 Å². The molecule has 0 heterocycles. The molecule has 1 aliphatic carbocycles. The van der Waals surface area contributed by atoms with E-state index in [2.05, 4.69) is 26.1 Å². The molecule has 1 saturated carbocycles. The highest BCUT2D eigenvalue weighted by molar-refractivity contribution is 6.99. The third kappa shape index (κ3) is 5.37. The van der Waals surface area contributed by atoms with Gasteiger partial charge in [0.05, 0.1) is 11.8 Å². The van der Waals surface area contributed by atoms with Gasteiger partial charge in [0.1, 0.15) is 6.61 Å². The molecule has 1 fully saturated rings. The minimum atomic E-state index is -2.90. The molecule has 0 bridgehead atoms. The average molecular weight is 510 g/mol. The highest BCUT2D eigenvalue weighted by Gasteiger charge is 2.68. The molecular formula is C29H33F2NO3Si. The van der Waals surface area contributed by atoms with Crippen LogP contribution in [0.5, 0.6) is 0 Å². The molecule has 1 amide bonds. The maximum absolute atomic E-state index is 14.8. The molecule has 2 atom stereocenters. The van der Waals surface area contributed by atoms with E-state index in [0.29, 0.717) is 0 Å². The van der Waals surface area contributed by atoms with Crippen molar-refractivity contribution in [1.82, 2.24) is 5.32 Å². The van der Waals surface area contributed by atoms with Gasteiger partial charge < -0.3 is 14.5 Å². The zero-order chi connectivity index (χ0) is 25.8. The number of alkyl halides is 2. The summed E-state index contributed by atoms with van der Waals surface area (Å²) in [6.45, 7) is 6.21. The maximum Gasteiger partial charge on any atom is 0.407 e. The average Bonchev–Trinajstić information content (AvgIpc) is 3.41. The van der Waals surface area contributed by atoms with Gasteiger partial charge in [-0.3, -0.25) is 0 Å². The molecule has 4 rings (SSSR count). The molecule has 0 aromatic heterocycles. The predicted octanol–water partition coefficient (Wildman–Crippen LogP) is 5.37. The summed E-state index contributed by atoms with van der Waals surface area (Å²) in [5.41, 5.74) is 0.834. The molecule has 7 heteroatoms. The molecule has 3 aromatic rings. The number of halogens is 2. The van der Waals surface area contributed by atoms with Crippen molar-refractivity contribution >= 4 is 24.8 Å². The first-order chi connectivity index (χ1) is 17.2. The monoisotopic (exact) mass is 509 g/mol. The van der Waals surface area contributed by atoms with E-state index in [1.165, 1.54) is 0 Å². The Bertz CT molecular complexity index is 1100. The molecule has 0 spiro atoms. The Balaban J connectivity index is 1.45. The van der Waals surface area contributed by atoms with Crippen LogP contribution in [0.1, 0.15) is 26.3 Å². The summed E-state index contributed by atoms with van der Waals surface area (Å²) in [5.74, 6) is -4.86. The summed E-state index contributed by atoms with van der Waals surface area (Å²) in [6.07, 6.45) is -0.701. The van der Waals surface area contributed by atoms with Crippen LogP contribution in [0, 0.1) is 11.8 Å². The number of benzene rings is 3. The Morgan fingerprint density at radius 2 is 1.36 bits per heavy atom. The van der Waals surface area contributed by atoms with Crippen LogP contribution in [0.25, 0.3) is 0 Å². The molecule has 1 N–H and O–H groups in total. The summed E-state index contributed by atoms with van der Waals surface area (Å²) < 4.78 is 41.4. The van der Waals surface area contributed by atoms with Gasteiger partial charge >= 0.3 is 6.09 Å². The number of ether oxygens (including phenoxy) is 1. The molecule has 0 aliphatic heterocycles. The first-order valence-corrected chi connectivity index (χ1v) is 14.1. The lowest BCUT2D eigenvalue weighted by molar-refractivity contribution is 0.0731. The number of hydrogen-bond donors (Lipinski definition) is 1. The number of hydrogen-bond acceptors (Lipinski definition) is 3. The van der Waals surface area contributed by atoms with Gasteiger partial charge in [-0.15, -0.1) is 0 Å². The van der Waals surface area contributed by atoms with Crippen LogP contribution in [-0.4, -0.2) is 33.5 Å². The van der Waals surface area contributed by atoms with E-state index in [9.17, 15) is 13.6 Å². The van der Waals surface area contributed by atoms with E-state index in [4.69, 9.17) is 9.16 Å². The molecule has 1 aliphatic rings. The molecule has 4 nitrogen and oxygen atoms in total. The Morgan fingerprint density at radius 1 is 0.861 bits per heavy atom. The lowest BCUT2D eigenvalue weighted by Gasteiger charge is -2.43. The summed E-state index contributed by atoms with van der Waals surface area (Å²) in [6, 6.07) is 29.1. The second-order valence-electron chi connectivity index (χ2n) is 10.3. The zero-order valence-electron chi connectivity index (χ0n) is 20.9. The molecule has 2 unspecified atom stereocenters. The van der Waals surface area contributed by atoms with Gasteiger partial charge in [-0.1, -0.05) is 112 Å². The van der Waals surface area contributed by atoms with E-state index in [0.717, 1.165) is 15.9 Å². The molecule has 190 valence electrons. The Hall–Kier alpha value is -3.03. The normalized spacial score (nSPS) is 18.9. The SMILES string of the molecule is CC(C)(C)[Si](OCC1C(CNC(=O)OCc2ccccc2)C1(F)F)(c1ccccc1)c1ccccc1. The highest BCUT2D eigenvalue weighted by Crippen LogP contribution is 2.55. The second-order valence-corrected chi connectivity index (χ2v) is 14.6. The lowest BCUT2D eigenvalue weighted by atomic mass is 10.2. The van der Waals surface area contributed by atoms with Gasteiger partial charge in [-0.25, -0.2) is 13.6 Å². The summed E-state index contributed by atoms with van der Waals surface area (Å²) in [7, 11) is -2.90. The zero-order valence-corrected chi connectivity index (χ0v) is 21.9. The van der Waals surface area contributed by atoms with Crippen molar-refractivity contribution < 1.29 is 22.7 Å². The second kappa shape index (κ2) is 10.5. The Labute approximate surface area is 212 Å². The number of carbonyl (C=O) groups is 1. The highest BCUT2D eigenvalue weighted by atomic mass is 28.4. The summed E-state index contributed by atoms with van der Waals surface area (Å²) in [4.78, 5) is 12.1. The third-order valence-electron chi connectivity index (χ3n) is 6.94. The topological polar surface area (TPSA) is 47.6 Å². The van der Waals surface area contributed by atoms with Crippen molar-refractivity contribution in [2.24, 2.45) is 11.8 Å². The molecule has 3 aromatic carbocycles. The first-order valence-electron chi connectivity index (χ1n) is 12.2. The van der Waals surface area contributed by atoms with Crippen LogP contribution >= 0.6 is 0 Å². The van der Waals surface area contributed by atoms with Crippen molar-refractivity contribution in [3.63, 3.8) is 0 Å². The van der Waals surface area contributed by atoms with Crippen LogP contribution in [0.3, 0.4) is 0 Å². The van der Waals surface area contributed by atoms with Crippen LogP contribution < -0.4 is 15.7 Å². The minimum absolute atomic E-state index is 0.0777. The molecule has 36 heavy (non-hydrogen) atoms. The van der Waals surface area contributed by atoms with Crippen LogP contribution in [-0.2, 0) is 15.8 Å². The van der Waals surface area contributed by atoms with E-state index in [-0.39, 0.29) is 24.8 Å². The summed E-state index contributed by atoms with van der Waals surface area (Å²) >= 11 is 0. The van der Waals surface area contributed by atoms with Crippen LogP contribution in [0.4, 0.5) is 13.6 Å². The van der Waals surface area contributed by atoms with Gasteiger partial charge in [-0.2, -0.15) is 0 Å². The first kappa shape index (κ1) is 26.0. The van der Waals surface area contributed by atoms with E-state index in [1.807, 2.05) is 91.0 Å². The third-order valence-corrected chi connectivity index (χ3v) is 11.9. The van der Waals surface area contributed by atoms with E-state index >= 15 is 0 Å². The fourth-order valence-electron chi connectivity index (χ4n) is 4.91. The van der Waals surface area contributed by atoms with Gasteiger partial charge in [0.15, 0.2) is 0 Å². The number of nitrogens with one attached hydrogen (secondary N) is 1. The van der Waals surface area contributed by atoms with Crippen LogP contribution in [0.15, 0.2) is 91.0 Å². The van der Waals surface area contributed by atoms with Crippen molar-refractivity contribution in [2.75, 3.05) is 13.2 Å². The van der Waals surface area contributed by atoms with Crippen molar-refractivity contribution in [1.29, 1.82) is 0 Å². The molecule has 0 radical (unpaired) electrons. The number of rotatable bonds is 9. The minimum Gasteiger partial charge on any atom is -0.445 e. The van der Waals surface area contributed by atoms with Crippen molar-refractivity contribution in [2.45, 2.75) is 38.3 Å². The van der Waals surface area contributed by atoms with Crippen molar-refractivity contribution in [3.8, 4) is 0 Å². The number of amides is 1. The van der Waals surface area contributed by atoms with Gasteiger partial charge in [0.25, 0.3) is 14.2 Å². The smallest absolute Gasteiger partial charge is 0.407 e. The Morgan fingerprint density at radius 3 is 1.86 bits per heavy atom. The van der Waals surface area contributed by atoms with Gasteiger partial charge in [-0.05, 0) is 21.0 Å². The standard InChI is InChI=1S/C29H33F2NO3Si/c1-28(2,3)36(23-15-9-5-10-16-23,24-17-11-6-12-18-24)35-21-26-25(29(26,30)31)19-32-27(33)34-20-22-13-7-4-8-14-22/h4-18,25-26H,19-21H2,1-3H3,(H,32,33). The maximum atomic E-state index is 14.8. The van der Waals surface area contributed by atoms with Gasteiger partial charge in [0, 0.05) is 13.2 Å². The number of alkyl carbamates (subject to hydrolysis) is 1. The lowest BCUT2D eigenvalue weighted by Crippen LogP contribution is -2.66. The van der Waals surface area contributed by atoms with Crippen LogP contribution in [0.2, 0.25) is 5.04 Å². The van der Waals surface area contributed by atoms with Crippen molar-refractivity contribution in [3.05, 3.63) is 96.6 Å². The molecular weight excluding hydrogens is 476 g/mol. The number of carbonyl (C=O) groups excluding carboxylic acids is 1. The fourth-order valence-corrected chi connectivity index (χ4v) is 9.50. The predicted molar refractivity (Wildman–Crippen MR) is 140 cm³/mol. The van der Waals surface area contributed by atoms with Gasteiger partial charge in [0.2, 0.25) is 0 Å². The largest absolute Gasteiger partial charge is 0.445 e. The quantitative estimate of drug-likeness (QED) is 0.395. The molecule has 0 saturated heterocycles. The van der Waals surface area contributed by atoms with E-state index < -0.39 is 32.2 Å². The summed E-state index contributed by atoms with van der Waals surface area (Å²) in [5, 5.41) is 4.31. The Kier molecular flexibility index (Phi) is 7.61. The fraction of sp³-hybridized carbons (Fsp3) is 0.345.